The Hall–Kier alpha value is -2.59. The zero-order valence-electron chi connectivity index (χ0n) is 24.7. The molecule has 208 valence electrons. The van der Waals surface area contributed by atoms with Gasteiger partial charge in [-0.2, -0.15) is 0 Å². The first kappa shape index (κ1) is 30.0. The van der Waals surface area contributed by atoms with Crippen molar-refractivity contribution in [3.8, 4) is 5.75 Å². The quantitative estimate of drug-likeness (QED) is 0.256. The number of benzene rings is 2. The Kier molecular flexibility index (Phi) is 10.2. The summed E-state index contributed by atoms with van der Waals surface area (Å²) in [5.74, 6) is 1.17. The van der Waals surface area contributed by atoms with E-state index in [2.05, 4.69) is 78.8 Å². The van der Waals surface area contributed by atoms with E-state index in [1.54, 1.807) is 6.08 Å². The van der Waals surface area contributed by atoms with Crippen LogP contribution in [0.3, 0.4) is 0 Å². The average molecular weight is 521 g/mol. The van der Waals surface area contributed by atoms with Crippen LogP contribution in [0.25, 0.3) is 0 Å². The van der Waals surface area contributed by atoms with Gasteiger partial charge in [0.15, 0.2) is 0 Å². The standard InChI is InChI=1S/C34H48O4/c1-8-11-20-33(6,7)31(35)18-13-26-12-14-27(21-24(26)4)34(9-2,10-3)28-15-17-30(25(5)22-28)37-23-29-16-19-32(36)38-29/h12,14-17,21-22,31,35H,8-11,13,18-20,23H2,1-7H3. The van der Waals surface area contributed by atoms with Crippen molar-refractivity contribution in [1.82, 2.24) is 0 Å². The molecule has 0 saturated heterocycles. The van der Waals surface area contributed by atoms with Gasteiger partial charge in [0.05, 0.1) is 12.5 Å². The number of ether oxygens (including phenoxy) is 2. The highest BCUT2D eigenvalue weighted by Gasteiger charge is 2.32. The van der Waals surface area contributed by atoms with Crippen LogP contribution < -0.4 is 4.74 Å². The topological polar surface area (TPSA) is 55.8 Å². The van der Waals surface area contributed by atoms with Crippen LogP contribution in [0.1, 0.15) is 107 Å². The van der Waals surface area contributed by atoms with E-state index in [0.717, 1.165) is 56.3 Å². The maximum Gasteiger partial charge on any atom is 0.314 e. The van der Waals surface area contributed by atoms with E-state index in [4.69, 9.17) is 9.47 Å². The normalized spacial score (nSPS) is 14.8. The molecule has 0 fully saturated rings. The Morgan fingerprint density at radius 1 is 1.00 bits per heavy atom. The lowest BCUT2D eigenvalue weighted by atomic mass is 9.69. The Morgan fingerprint density at radius 3 is 2.21 bits per heavy atom. The first-order valence-electron chi connectivity index (χ1n) is 14.5. The number of carbonyl (C=O) groups excluding carboxylic acids is 1. The van der Waals surface area contributed by atoms with E-state index in [0.29, 0.717) is 12.2 Å². The molecule has 0 saturated carbocycles. The summed E-state index contributed by atoms with van der Waals surface area (Å²) in [5.41, 5.74) is 6.19. The molecule has 0 spiro atoms. The molecule has 1 aliphatic heterocycles. The summed E-state index contributed by atoms with van der Waals surface area (Å²) in [6.45, 7) is 15.7. The summed E-state index contributed by atoms with van der Waals surface area (Å²) in [6.07, 6.45) is 8.88. The van der Waals surface area contributed by atoms with E-state index in [-0.39, 0.29) is 29.5 Å². The highest BCUT2D eigenvalue weighted by Crippen LogP contribution is 2.41. The second-order valence-corrected chi connectivity index (χ2v) is 11.7. The number of esters is 1. The molecule has 0 radical (unpaired) electrons. The molecule has 0 amide bonds. The van der Waals surface area contributed by atoms with Crippen molar-refractivity contribution < 1.29 is 19.4 Å². The summed E-state index contributed by atoms with van der Waals surface area (Å²) in [6, 6.07) is 13.4. The fourth-order valence-corrected chi connectivity index (χ4v) is 5.76. The van der Waals surface area contributed by atoms with Gasteiger partial charge in [0.25, 0.3) is 0 Å². The molecule has 0 aromatic heterocycles. The first-order chi connectivity index (χ1) is 18.1. The Labute approximate surface area is 230 Å². The molecule has 1 atom stereocenters. The van der Waals surface area contributed by atoms with Gasteiger partial charge in [0.1, 0.15) is 18.1 Å². The van der Waals surface area contributed by atoms with Gasteiger partial charge < -0.3 is 14.6 Å². The fraction of sp³-hybridized carbons (Fsp3) is 0.559. The number of aliphatic hydroxyl groups excluding tert-OH is 1. The van der Waals surface area contributed by atoms with Gasteiger partial charge in [0, 0.05) is 5.41 Å². The molecule has 1 N–H and O–H groups in total. The second-order valence-electron chi connectivity index (χ2n) is 11.7. The predicted octanol–water partition coefficient (Wildman–Crippen LogP) is 8.13. The third-order valence-electron chi connectivity index (χ3n) is 8.70. The maximum absolute atomic E-state index is 11.3. The largest absolute Gasteiger partial charge is 0.485 e. The molecule has 1 unspecified atom stereocenters. The molecule has 4 nitrogen and oxygen atoms in total. The minimum atomic E-state index is -0.292. The zero-order chi connectivity index (χ0) is 27.9. The van der Waals surface area contributed by atoms with Crippen molar-refractivity contribution in [3.05, 3.63) is 76.1 Å². The summed E-state index contributed by atoms with van der Waals surface area (Å²) >= 11 is 0. The molecular formula is C34H48O4. The summed E-state index contributed by atoms with van der Waals surface area (Å²) in [4.78, 5) is 11.3. The highest BCUT2D eigenvalue weighted by molar-refractivity contribution is 5.75. The average Bonchev–Trinajstić information content (AvgIpc) is 3.32. The maximum atomic E-state index is 11.3. The molecular weight excluding hydrogens is 472 g/mol. The van der Waals surface area contributed by atoms with Gasteiger partial charge in [0.2, 0.25) is 0 Å². The number of hydrogen-bond donors (Lipinski definition) is 1. The lowest BCUT2D eigenvalue weighted by molar-refractivity contribution is -0.136. The predicted molar refractivity (Wildman–Crippen MR) is 156 cm³/mol. The van der Waals surface area contributed by atoms with Gasteiger partial charge in [-0.05, 0) is 91.3 Å². The fourth-order valence-electron chi connectivity index (χ4n) is 5.76. The van der Waals surface area contributed by atoms with Crippen molar-refractivity contribution in [2.45, 2.75) is 111 Å². The summed E-state index contributed by atoms with van der Waals surface area (Å²) in [7, 11) is 0. The molecule has 1 aliphatic rings. The second kappa shape index (κ2) is 13.0. The van der Waals surface area contributed by atoms with E-state index < -0.39 is 0 Å². The van der Waals surface area contributed by atoms with Crippen LogP contribution in [-0.2, 0) is 21.4 Å². The summed E-state index contributed by atoms with van der Waals surface area (Å²) in [5, 5.41) is 10.9. The number of hydrogen-bond acceptors (Lipinski definition) is 4. The monoisotopic (exact) mass is 520 g/mol. The van der Waals surface area contributed by atoms with Gasteiger partial charge in [-0.3, -0.25) is 4.79 Å². The van der Waals surface area contributed by atoms with Gasteiger partial charge in [-0.25, -0.2) is 0 Å². The molecule has 0 aliphatic carbocycles. The lowest BCUT2D eigenvalue weighted by Gasteiger charge is -2.34. The molecule has 3 rings (SSSR count). The minimum Gasteiger partial charge on any atom is -0.485 e. The Morgan fingerprint density at radius 2 is 1.66 bits per heavy atom. The first-order valence-corrected chi connectivity index (χ1v) is 14.5. The number of cyclic esters (lactones) is 1. The van der Waals surface area contributed by atoms with Crippen LogP contribution in [0, 0.1) is 19.3 Å². The third-order valence-corrected chi connectivity index (χ3v) is 8.70. The number of rotatable bonds is 14. The summed E-state index contributed by atoms with van der Waals surface area (Å²) < 4.78 is 11.1. The molecule has 2 aromatic carbocycles. The Balaban J connectivity index is 1.76. The van der Waals surface area contributed by atoms with Crippen LogP contribution in [0.4, 0.5) is 0 Å². The van der Waals surface area contributed by atoms with Crippen LogP contribution in [0.2, 0.25) is 0 Å². The minimum absolute atomic E-state index is 0.0460. The van der Waals surface area contributed by atoms with Crippen LogP contribution >= 0.6 is 0 Å². The van der Waals surface area contributed by atoms with Crippen molar-refractivity contribution in [2.24, 2.45) is 5.41 Å². The van der Waals surface area contributed by atoms with Crippen LogP contribution in [0.5, 0.6) is 5.75 Å². The molecule has 38 heavy (non-hydrogen) atoms. The van der Waals surface area contributed by atoms with Crippen LogP contribution in [0.15, 0.2) is 48.2 Å². The Bertz CT molecular complexity index is 1120. The van der Waals surface area contributed by atoms with Gasteiger partial charge in [-0.15, -0.1) is 0 Å². The van der Waals surface area contributed by atoms with Crippen molar-refractivity contribution in [1.29, 1.82) is 0 Å². The van der Waals surface area contributed by atoms with Crippen molar-refractivity contribution in [3.63, 3.8) is 0 Å². The highest BCUT2D eigenvalue weighted by atomic mass is 16.6. The van der Waals surface area contributed by atoms with E-state index >= 15 is 0 Å². The van der Waals surface area contributed by atoms with Gasteiger partial charge in [-0.1, -0.05) is 77.8 Å². The molecule has 2 aromatic rings. The lowest BCUT2D eigenvalue weighted by Crippen LogP contribution is -2.30. The molecule has 4 heteroatoms. The molecule has 1 heterocycles. The van der Waals surface area contributed by atoms with E-state index in [9.17, 15) is 9.90 Å². The van der Waals surface area contributed by atoms with Gasteiger partial charge >= 0.3 is 5.97 Å². The van der Waals surface area contributed by atoms with Crippen LogP contribution in [-0.4, -0.2) is 23.8 Å². The number of aryl methyl sites for hydroxylation is 3. The number of aliphatic hydroxyl groups is 1. The van der Waals surface area contributed by atoms with E-state index in [1.807, 2.05) is 6.07 Å². The number of carbonyl (C=O) groups is 1. The number of unbranched alkanes of at least 4 members (excludes halogenated alkanes) is 1. The smallest absolute Gasteiger partial charge is 0.314 e. The molecule has 0 bridgehead atoms. The van der Waals surface area contributed by atoms with Crippen molar-refractivity contribution in [2.75, 3.05) is 6.61 Å². The zero-order valence-corrected chi connectivity index (χ0v) is 24.7. The van der Waals surface area contributed by atoms with E-state index in [1.165, 1.54) is 22.3 Å². The van der Waals surface area contributed by atoms with Crippen molar-refractivity contribution >= 4 is 5.97 Å². The SMILES string of the molecule is CCCCC(C)(C)C(O)CCc1ccc(C(CC)(CC)c2ccc(OCC3=CCC(=O)O3)c(C)c2)cc1C. The third kappa shape index (κ3) is 6.88.